The summed E-state index contributed by atoms with van der Waals surface area (Å²) < 4.78 is 0. The van der Waals surface area contributed by atoms with Crippen LogP contribution in [-0.2, 0) is 0 Å². The summed E-state index contributed by atoms with van der Waals surface area (Å²) in [7, 11) is 0. The molecule has 5 heteroatoms. The number of rotatable bonds is 3. The van der Waals surface area contributed by atoms with Gasteiger partial charge in [-0.25, -0.2) is 0 Å². The fourth-order valence-electron chi connectivity index (χ4n) is 0.948. The van der Waals surface area contributed by atoms with Crippen molar-refractivity contribution in [1.82, 2.24) is 5.32 Å². The summed E-state index contributed by atoms with van der Waals surface area (Å²) in [6.07, 6.45) is 0. The lowest BCUT2D eigenvalue weighted by Gasteiger charge is -2.03. The number of alkyl halides is 1. The van der Waals surface area contributed by atoms with Crippen molar-refractivity contribution >= 4 is 40.7 Å². The summed E-state index contributed by atoms with van der Waals surface area (Å²) in [5, 5.41) is 3.49. The molecule has 1 N–H and O–H groups in total. The minimum atomic E-state index is -0.227. The van der Waals surface area contributed by atoms with E-state index in [1.165, 1.54) is 0 Å². The van der Waals surface area contributed by atoms with Gasteiger partial charge in [0.15, 0.2) is 0 Å². The van der Waals surface area contributed by atoms with Crippen LogP contribution in [0.5, 0.6) is 0 Å². The smallest absolute Gasteiger partial charge is 0.251 e. The van der Waals surface area contributed by atoms with Gasteiger partial charge in [-0.3, -0.25) is 4.79 Å². The van der Waals surface area contributed by atoms with Crippen molar-refractivity contribution in [2.24, 2.45) is 0 Å². The van der Waals surface area contributed by atoms with Crippen LogP contribution in [0, 0.1) is 0 Å². The van der Waals surface area contributed by atoms with Gasteiger partial charge in [-0.15, -0.1) is 11.6 Å². The average molecular weight is 253 g/mol. The van der Waals surface area contributed by atoms with Crippen molar-refractivity contribution in [2.45, 2.75) is 0 Å². The van der Waals surface area contributed by atoms with Crippen molar-refractivity contribution in [3.63, 3.8) is 0 Å². The highest BCUT2D eigenvalue weighted by Crippen LogP contribution is 2.18. The van der Waals surface area contributed by atoms with Gasteiger partial charge in [0, 0.05) is 28.0 Å². The maximum Gasteiger partial charge on any atom is 0.251 e. The molecule has 0 aliphatic carbocycles. The highest BCUT2D eigenvalue weighted by molar-refractivity contribution is 6.35. The van der Waals surface area contributed by atoms with Crippen LogP contribution in [-0.4, -0.2) is 18.3 Å². The van der Waals surface area contributed by atoms with E-state index in [4.69, 9.17) is 34.8 Å². The zero-order chi connectivity index (χ0) is 10.6. The number of benzene rings is 1. The lowest BCUT2D eigenvalue weighted by molar-refractivity contribution is 0.0956. The van der Waals surface area contributed by atoms with Crippen molar-refractivity contribution in [2.75, 3.05) is 12.4 Å². The van der Waals surface area contributed by atoms with Gasteiger partial charge in [-0.05, 0) is 18.2 Å². The Bertz CT molecular complexity index is 321. The zero-order valence-electron chi connectivity index (χ0n) is 7.19. The molecule has 1 aromatic carbocycles. The monoisotopic (exact) mass is 251 g/mol. The van der Waals surface area contributed by atoms with E-state index in [2.05, 4.69) is 5.32 Å². The normalized spacial score (nSPS) is 9.93. The number of carbonyl (C=O) groups is 1. The molecule has 0 bridgehead atoms. The second-order valence-corrected chi connectivity index (χ2v) is 3.85. The molecule has 0 aromatic heterocycles. The van der Waals surface area contributed by atoms with Gasteiger partial charge in [-0.1, -0.05) is 23.2 Å². The molecule has 0 fully saturated rings. The van der Waals surface area contributed by atoms with E-state index in [0.717, 1.165) is 0 Å². The lowest BCUT2D eigenvalue weighted by Crippen LogP contribution is -2.25. The second kappa shape index (κ2) is 5.44. The molecule has 0 spiro atoms. The van der Waals surface area contributed by atoms with E-state index < -0.39 is 0 Å². The van der Waals surface area contributed by atoms with Crippen molar-refractivity contribution in [3.8, 4) is 0 Å². The Hall–Kier alpha value is -0.440. The summed E-state index contributed by atoms with van der Waals surface area (Å²) in [6.45, 7) is 0.421. The van der Waals surface area contributed by atoms with E-state index in [0.29, 0.717) is 28.0 Å². The standard InChI is InChI=1S/C9H8Cl3NO/c10-1-2-13-9(14)6-3-7(11)5-8(12)4-6/h3-5H,1-2H2,(H,13,14). The van der Waals surface area contributed by atoms with Gasteiger partial charge in [0.2, 0.25) is 0 Å². The molecule has 0 aliphatic rings. The molecule has 0 saturated heterocycles. The van der Waals surface area contributed by atoms with Gasteiger partial charge in [0.1, 0.15) is 0 Å². The predicted molar refractivity (Wildman–Crippen MR) is 59.5 cm³/mol. The van der Waals surface area contributed by atoms with E-state index in [9.17, 15) is 4.79 Å². The molecule has 0 saturated carbocycles. The highest BCUT2D eigenvalue weighted by Gasteiger charge is 2.06. The molecule has 2 nitrogen and oxygen atoms in total. The average Bonchev–Trinajstić information content (AvgIpc) is 2.12. The zero-order valence-corrected chi connectivity index (χ0v) is 9.46. The molecule has 1 aromatic rings. The van der Waals surface area contributed by atoms with Crippen LogP contribution >= 0.6 is 34.8 Å². The predicted octanol–water partition coefficient (Wildman–Crippen LogP) is 2.96. The molecular formula is C9H8Cl3NO. The maximum atomic E-state index is 11.4. The molecule has 76 valence electrons. The minimum absolute atomic E-state index is 0.227. The molecule has 1 rings (SSSR count). The fraction of sp³-hybridized carbons (Fsp3) is 0.222. The third-order valence-corrected chi connectivity index (χ3v) is 2.13. The first-order chi connectivity index (χ1) is 6.63. The summed E-state index contributed by atoms with van der Waals surface area (Å²) >= 11 is 16.9. The molecule has 0 heterocycles. The number of amides is 1. The van der Waals surface area contributed by atoms with Gasteiger partial charge in [0.25, 0.3) is 5.91 Å². The molecule has 14 heavy (non-hydrogen) atoms. The van der Waals surface area contributed by atoms with E-state index >= 15 is 0 Å². The summed E-state index contributed by atoms with van der Waals surface area (Å²) in [5.41, 5.74) is 0.438. The van der Waals surface area contributed by atoms with Crippen LogP contribution < -0.4 is 5.32 Å². The van der Waals surface area contributed by atoms with Crippen LogP contribution in [0.3, 0.4) is 0 Å². The van der Waals surface area contributed by atoms with Gasteiger partial charge in [-0.2, -0.15) is 0 Å². The van der Waals surface area contributed by atoms with Crippen LogP contribution in [0.25, 0.3) is 0 Å². The Balaban J connectivity index is 2.79. The summed E-state index contributed by atoms with van der Waals surface area (Å²) in [5.74, 6) is 0.148. The first-order valence-electron chi connectivity index (χ1n) is 3.93. The van der Waals surface area contributed by atoms with E-state index in [1.807, 2.05) is 0 Å². The SMILES string of the molecule is O=C(NCCCl)c1cc(Cl)cc(Cl)c1. The quantitative estimate of drug-likeness (QED) is 0.824. The van der Waals surface area contributed by atoms with Crippen LogP contribution in [0.2, 0.25) is 10.0 Å². The summed E-state index contributed by atoms with van der Waals surface area (Å²) in [4.78, 5) is 11.4. The third kappa shape index (κ3) is 3.37. The Kier molecular flexibility index (Phi) is 4.52. The first-order valence-corrected chi connectivity index (χ1v) is 5.23. The number of carbonyl (C=O) groups excluding carboxylic acids is 1. The van der Waals surface area contributed by atoms with Crippen molar-refractivity contribution in [3.05, 3.63) is 33.8 Å². The first kappa shape index (κ1) is 11.6. The van der Waals surface area contributed by atoms with Gasteiger partial charge < -0.3 is 5.32 Å². The van der Waals surface area contributed by atoms with Crippen LogP contribution in [0.15, 0.2) is 18.2 Å². The number of halogens is 3. The largest absolute Gasteiger partial charge is 0.351 e. The topological polar surface area (TPSA) is 29.1 Å². The molecule has 0 radical (unpaired) electrons. The molecule has 1 amide bonds. The third-order valence-electron chi connectivity index (χ3n) is 1.50. The Morgan fingerprint density at radius 2 is 1.79 bits per heavy atom. The van der Waals surface area contributed by atoms with Crippen molar-refractivity contribution < 1.29 is 4.79 Å². The summed E-state index contributed by atoms with van der Waals surface area (Å²) in [6, 6.07) is 4.68. The Labute approximate surface area is 97.1 Å². The number of nitrogens with one attached hydrogen (secondary N) is 1. The van der Waals surface area contributed by atoms with Gasteiger partial charge >= 0.3 is 0 Å². The lowest BCUT2D eigenvalue weighted by atomic mass is 10.2. The molecular weight excluding hydrogens is 244 g/mol. The van der Waals surface area contributed by atoms with Crippen LogP contribution in [0.1, 0.15) is 10.4 Å². The maximum absolute atomic E-state index is 11.4. The molecule has 0 atom stereocenters. The fourth-order valence-corrected chi connectivity index (χ4v) is 1.57. The van der Waals surface area contributed by atoms with Gasteiger partial charge in [0.05, 0.1) is 0 Å². The molecule has 0 aliphatic heterocycles. The minimum Gasteiger partial charge on any atom is -0.351 e. The molecule has 0 unspecified atom stereocenters. The highest BCUT2D eigenvalue weighted by atomic mass is 35.5. The van der Waals surface area contributed by atoms with E-state index in [1.54, 1.807) is 18.2 Å². The Morgan fingerprint density at radius 3 is 2.29 bits per heavy atom. The number of hydrogen-bond donors (Lipinski definition) is 1. The van der Waals surface area contributed by atoms with Crippen LogP contribution in [0.4, 0.5) is 0 Å². The second-order valence-electron chi connectivity index (χ2n) is 2.60. The van der Waals surface area contributed by atoms with E-state index in [-0.39, 0.29) is 5.91 Å². The number of hydrogen-bond acceptors (Lipinski definition) is 1. The Morgan fingerprint density at radius 1 is 1.21 bits per heavy atom. The van der Waals surface area contributed by atoms with Crippen molar-refractivity contribution in [1.29, 1.82) is 0 Å².